The molecule has 0 spiro atoms. The molecule has 5 nitrogen and oxygen atoms in total. The Labute approximate surface area is 148 Å². The average molecular weight is 366 g/mol. The predicted octanol–water partition coefficient (Wildman–Crippen LogP) is 5.59. The van der Waals surface area contributed by atoms with Crippen LogP contribution in [0.3, 0.4) is 0 Å². The Kier molecular flexibility index (Phi) is 16.6. The summed E-state index contributed by atoms with van der Waals surface area (Å²) in [6.45, 7) is 4.86. The highest BCUT2D eigenvalue weighted by Crippen LogP contribution is 2.34. The first-order chi connectivity index (χ1) is 11.5. The van der Waals surface area contributed by atoms with Gasteiger partial charge in [0.15, 0.2) is 0 Å². The molecule has 146 valence electrons. The lowest BCUT2D eigenvalue weighted by Gasteiger charge is -2.08. The maximum Gasteiger partial charge on any atom is 0.469 e. The van der Waals surface area contributed by atoms with E-state index in [0.29, 0.717) is 6.10 Å². The Bertz CT molecular complexity index is 300. The molecule has 2 N–H and O–H groups in total. The quantitative estimate of drug-likeness (QED) is 0.328. The van der Waals surface area contributed by atoms with Crippen LogP contribution in [0, 0.1) is 0 Å². The van der Waals surface area contributed by atoms with E-state index in [4.69, 9.17) is 14.5 Å². The van der Waals surface area contributed by atoms with Gasteiger partial charge in [-0.2, -0.15) is 0 Å². The van der Waals surface area contributed by atoms with Gasteiger partial charge in [-0.1, -0.05) is 71.1 Å². The van der Waals surface area contributed by atoms with E-state index in [-0.39, 0.29) is 6.61 Å². The maximum absolute atomic E-state index is 9.70. The zero-order valence-corrected chi connectivity index (χ0v) is 16.6. The Morgan fingerprint density at radius 2 is 1.50 bits per heavy atom. The van der Waals surface area contributed by atoms with Crippen LogP contribution in [-0.2, 0) is 13.8 Å². The van der Waals surface area contributed by atoms with Crippen LogP contribution < -0.4 is 0 Å². The highest BCUT2D eigenvalue weighted by Gasteiger charge is 2.14. The van der Waals surface area contributed by atoms with Crippen molar-refractivity contribution in [3.8, 4) is 0 Å². The second-order valence-electron chi connectivity index (χ2n) is 6.51. The monoisotopic (exact) mass is 366 g/mol. The summed E-state index contributed by atoms with van der Waals surface area (Å²) in [7, 11) is -4.17. The number of hydrogen-bond acceptors (Lipinski definition) is 3. The molecule has 1 heterocycles. The van der Waals surface area contributed by atoms with Crippen LogP contribution >= 0.6 is 7.82 Å². The van der Waals surface area contributed by atoms with Crippen molar-refractivity contribution in [1.82, 2.24) is 0 Å². The lowest BCUT2D eigenvalue weighted by atomic mass is 10.0. The van der Waals surface area contributed by atoms with Gasteiger partial charge in [-0.25, -0.2) is 4.57 Å². The standard InChI is InChI=1S/C16H32O.C2H7O4P/c1-2-3-4-5-6-7-8-9-10-11-13-16-14-12-15-17-16;1-2-6-7(3,4)5/h16H,2-15H2,1H3;2H2,1H3,(H2,3,4,5). The van der Waals surface area contributed by atoms with Crippen LogP contribution in [0.2, 0.25) is 0 Å². The van der Waals surface area contributed by atoms with Gasteiger partial charge in [-0.15, -0.1) is 0 Å². The van der Waals surface area contributed by atoms with E-state index in [1.165, 1.54) is 90.4 Å². The van der Waals surface area contributed by atoms with Crippen LogP contribution in [0.5, 0.6) is 0 Å². The van der Waals surface area contributed by atoms with Crippen molar-refractivity contribution in [3.05, 3.63) is 0 Å². The SMILES string of the molecule is CCCCCCCCCCCCC1CCCO1.CCOP(=O)(O)O. The summed E-state index contributed by atoms with van der Waals surface area (Å²) in [4.78, 5) is 15.8. The van der Waals surface area contributed by atoms with Gasteiger partial charge in [-0.3, -0.25) is 4.52 Å². The molecule has 0 saturated carbocycles. The third-order valence-corrected chi connectivity index (χ3v) is 4.80. The molecule has 1 fully saturated rings. The number of phosphoric acid groups is 1. The number of rotatable bonds is 13. The van der Waals surface area contributed by atoms with Crippen molar-refractivity contribution < 1.29 is 23.6 Å². The molecule has 1 atom stereocenters. The molecule has 1 aliphatic rings. The summed E-state index contributed by atoms with van der Waals surface area (Å²) in [6.07, 6.45) is 18.9. The minimum Gasteiger partial charge on any atom is -0.378 e. The molecule has 1 saturated heterocycles. The van der Waals surface area contributed by atoms with Crippen molar-refractivity contribution in [3.63, 3.8) is 0 Å². The molecule has 0 aromatic heterocycles. The number of unbranched alkanes of at least 4 members (excludes halogenated alkanes) is 9. The fraction of sp³-hybridized carbons (Fsp3) is 1.00. The molecule has 0 aromatic rings. The topological polar surface area (TPSA) is 76.0 Å². The molecule has 24 heavy (non-hydrogen) atoms. The minimum atomic E-state index is -4.17. The van der Waals surface area contributed by atoms with Gasteiger partial charge >= 0.3 is 7.82 Å². The molecule has 1 rings (SSSR count). The van der Waals surface area contributed by atoms with Crippen LogP contribution in [0.15, 0.2) is 0 Å². The van der Waals surface area contributed by atoms with E-state index in [9.17, 15) is 4.57 Å². The normalized spacial score (nSPS) is 17.6. The van der Waals surface area contributed by atoms with Gasteiger partial charge in [-0.05, 0) is 26.2 Å². The number of ether oxygens (including phenoxy) is 1. The third kappa shape index (κ3) is 18.4. The van der Waals surface area contributed by atoms with E-state index < -0.39 is 7.82 Å². The second-order valence-corrected chi connectivity index (χ2v) is 7.75. The van der Waals surface area contributed by atoms with Crippen molar-refractivity contribution in [2.24, 2.45) is 0 Å². The van der Waals surface area contributed by atoms with Crippen molar-refractivity contribution in [2.75, 3.05) is 13.2 Å². The smallest absolute Gasteiger partial charge is 0.378 e. The second kappa shape index (κ2) is 16.5. The van der Waals surface area contributed by atoms with Crippen LogP contribution in [0.1, 0.15) is 97.3 Å². The lowest BCUT2D eigenvalue weighted by Crippen LogP contribution is -2.03. The molecule has 0 radical (unpaired) electrons. The highest BCUT2D eigenvalue weighted by atomic mass is 31.2. The fourth-order valence-electron chi connectivity index (χ4n) is 2.90. The first-order valence-corrected chi connectivity index (χ1v) is 11.3. The van der Waals surface area contributed by atoms with Crippen molar-refractivity contribution in [1.29, 1.82) is 0 Å². The summed E-state index contributed by atoms with van der Waals surface area (Å²) in [5, 5.41) is 0. The van der Waals surface area contributed by atoms with Crippen molar-refractivity contribution in [2.45, 2.75) is 103 Å². The number of hydrogen-bond donors (Lipinski definition) is 2. The maximum atomic E-state index is 9.70. The van der Waals surface area contributed by atoms with Gasteiger partial charge < -0.3 is 14.5 Å². The fourth-order valence-corrected chi connectivity index (χ4v) is 3.24. The predicted molar refractivity (Wildman–Crippen MR) is 99.1 cm³/mol. The van der Waals surface area contributed by atoms with E-state index in [0.717, 1.165) is 6.61 Å². The molecule has 6 heteroatoms. The summed E-state index contributed by atoms with van der Waals surface area (Å²) in [5.41, 5.74) is 0. The van der Waals surface area contributed by atoms with Gasteiger partial charge in [0.25, 0.3) is 0 Å². The summed E-state index contributed by atoms with van der Waals surface area (Å²) < 4.78 is 19.2. The third-order valence-electron chi connectivity index (χ3n) is 4.20. The molecule has 0 bridgehead atoms. The van der Waals surface area contributed by atoms with E-state index >= 15 is 0 Å². The van der Waals surface area contributed by atoms with Gasteiger partial charge in [0, 0.05) is 6.61 Å². The van der Waals surface area contributed by atoms with E-state index in [2.05, 4.69) is 11.4 Å². The molecule has 1 unspecified atom stereocenters. The Balaban J connectivity index is 0.000000640. The minimum absolute atomic E-state index is 0.0459. The molecule has 0 amide bonds. The van der Waals surface area contributed by atoms with Crippen LogP contribution in [0.25, 0.3) is 0 Å². The summed E-state index contributed by atoms with van der Waals surface area (Å²) in [6, 6.07) is 0. The Morgan fingerprint density at radius 3 is 1.88 bits per heavy atom. The van der Waals surface area contributed by atoms with E-state index in [1.54, 1.807) is 0 Å². The largest absolute Gasteiger partial charge is 0.469 e. The Hall–Kier alpha value is 0.0700. The number of phosphoric ester groups is 1. The molecule has 1 aliphatic heterocycles. The first-order valence-electron chi connectivity index (χ1n) is 9.81. The lowest BCUT2D eigenvalue weighted by molar-refractivity contribution is 0.102. The zero-order chi connectivity index (χ0) is 18.1. The molecule has 0 aromatic carbocycles. The van der Waals surface area contributed by atoms with Crippen molar-refractivity contribution >= 4 is 7.82 Å². The van der Waals surface area contributed by atoms with Crippen LogP contribution in [0.4, 0.5) is 0 Å². The average Bonchev–Trinajstić information content (AvgIpc) is 3.02. The first kappa shape index (κ1) is 24.1. The molecular formula is C18H39O5P. The van der Waals surface area contributed by atoms with Crippen LogP contribution in [-0.4, -0.2) is 29.1 Å². The summed E-state index contributed by atoms with van der Waals surface area (Å²) in [5.74, 6) is 0. The van der Waals surface area contributed by atoms with Gasteiger partial charge in [0.1, 0.15) is 0 Å². The Morgan fingerprint density at radius 1 is 0.958 bits per heavy atom. The molecule has 0 aliphatic carbocycles. The van der Waals surface area contributed by atoms with E-state index in [1.807, 2.05) is 0 Å². The molecular weight excluding hydrogens is 327 g/mol. The highest BCUT2D eigenvalue weighted by molar-refractivity contribution is 7.46. The zero-order valence-electron chi connectivity index (χ0n) is 15.8. The van der Waals surface area contributed by atoms with Gasteiger partial charge in [0.2, 0.25) is 0 Å². The summed E-state index contributed by atoms with van der Waals surface area (Å²) >= 11 is 0. The van der Waals surface area contributed by atoms with Gasteiger partial charge in [0.05, 0.1) is 12.7 Å².